The number of aromatic nitrogens is 2. The van der Waals surface area contributed by atoms with Gasteiger partial charge >= 0.3 is 6.18 Å². The smallest absolute Gasteiger partial charge is 0.379 e. The summed E-state index contributed by atoms with van der Waals surface area (Å²) in [6, 6.07) is 0.173. The fourth-order valence-electron chi connectivity index (χ4n) is 2.41. The summed E-state index contributed by atoms with van der Waals surface area (Å²) in [5, 5.41) is 6.38. The number of rotatable bonds is 3. The lowest BCUT2D eigenvalue weighted by Gasteiger charge is -2.19. The van der Waals surface area contributed by atoms with Gasteiger partial charge in [-0.15, -0.1) is 0 Å². The quantitative estimate of drug-likeness (QED) is 0.933. The number of anilines is 1. The SMILES string of the molecule is CC1CCCC1Nc1cnn(CC(F)(F)F)c(=O)c1Cl. The monoisotopic (exact) mass is 309 g/mol. The molecule has 1 fully saturated rings. The molecule has 2 unspecified atom stereocenters. The third kappa shape index (κ3) is 3.45. The third-order valence-electron chi connectivity index (χ3n) is 3.52. The van der Waals surface area contributed by atoms with Gasteiger partial charge < -0.3 is 5.32 Å². The highest BCUT2D eigenvalue weighted by Crippen LogP contribution is 2.29. The summed E-state index contributed by atoms with van der Waals surface area (Å²) in [5.41, 5.74) is -0.631. The van der Waals surface area contributed by atoms with Crippen molar-refractivity contribution in [2.24, 2.45) is 5.92 Å². The molecule has 2 atom stereocenters. The highest BCUT2D eigenvalue weighted by molar-refractivity contribution is 6.32. The minimum atomic E-state index is -4.50. The van der Waals surface area contributed by atoms with E-state index in [9.17, 15) is 18.0 Å². The Morgan fingerprint density at radius 2 is 2.20 bits per heavy atom. The molecule has 0 spiro atoms. The highest BCUT2D eigenvalue weighted by Gasteiger charge is 2.30. The molecule has 0 amide bonds. The van der Waals surface area contributed by atoms with E-state index in [4.69, 9.17) is 11.6 Å². The second kappa shape index (κ2) is 5.63. The van der Waals surface area contributed by atoms with E-state index in [-0.39, 0.29) is 11.1 Å². The third-order valence-corrected chi connectivity index (χ3v) is 3.88. The van der Waals surface area contributed by atoms with Crippen molar-refractivity contribution < 1.29 is 13.2 Å². The Labute approximate surface area is 118 Å². The molecule has 2 rings (SSSR count). The van der Waals surface area contributed by atoms with Crippen LogP contribution in [-0.4, -0.2) is 22.0 Å². The summed E-state index contributed by atoms with van der Waals surface area (Å²) in [6.45, 7) is 0.641. The molecule has 112 valence electrons. The van der Waals surface area contributed by atoms with E-state index in [0.29, 0.717) is 16.3 Å². The van der Waals surface area contributed by atoms with Crippen LogP contribution in [0.5, 0.6) is 0 Å². The van der Waals surface area contributed by atoms with Crippen LogP contribution in [0.3, 0.4) is 0 Å². The first kappa shape index (κ1) is 15.2. The summed E-state index contributed by atoms with van der Waals surface area (Å²) in [5.74, 6) is 0.434. The first-order valence-corrected chi connectivity index (χ1v) is 6.74. The Kier molecular flexibility index (Phi) is 4.27. The zero-order valence-electron chi connectivity index (χ0n) is 10.9. The molecule has 1 aliphatic carbocycles. The normalized spacial score (nSPS) is 23.1. The fourth-order valence-corrected chi connectivity index (χ4v) is 2.61. The summed E-state index contributed by atoms with van der Waals surface area (Å²) in [7, 11) is 0. The summed E-state index contributed by atoms with van der Waals surface area (Å²) < 4.78 is 37.1. The van der Waals surface area contributed by atoms with Crippen molar-refractivity contribution >= 4 is 17.3 Å². The van der Waals surface area contributed by atoms with Gasteiger partial charge in [0, 0.05) is 6.04 Å². The zero-order chi connectivity index (χ0) is 14.9. The Bertz CT molecular complexity index is 544. The predicted molar refractivity (Wildman–Crippen MR) is 70.0 cm³/mol. The van der Waals surface area contributed by atoms with Gasteiger partial charge in [-0.25, -0.2) is 4.68 Å². The van der Waals surface area contributed by atoms with Crippen LogP contribution < -0.4 is 10.9 Å². The lowest BCUT2D eigenvalue weighted by molar-refractivity contribution is -0.143. The average molecular weight is 310 g/mol. The van der Waals surface area contributed by atoms with E-state index in [1.54, 1.807) is 0 Å². The van der Waals surface area contributed by atoms with Crippen LogP contribution in [0.1, 0.15) is 26.2 Å². The van der Waals surface area contributed by atoms with E-state index < -0.39 is 18.3 Å². The standard InChI is InChI=1S/C12H15ClF3N3O/c1-7-3-2-4-8(7)18-9-5-17-19(6-12(14,15)16)11(20)10(9)13/h5,7-8,18H,2-4,6H2,1H3. The van der Waals surface area contributed by atoms with Crippen LogP contribution in [0.2, 0.25) is 5.02 Å². The van der Waals surface area contributed by atoms with Gasteiger partial charge in [0.25, 0.3) is 5.56 Å². The van der Waals surface area contributed by atoms with Crippen LogP contribution in [0.4, 0.5) is 18.9 Å². The van der Waals surface area contributed by atoms with Crippen molar-refractivity contribution in [3.05, 3.63) is 21.6 Å². The Morgan fingerprint density at radius 1 is 1.50 bits per heavy atom. The largest absolute Gasteiger partial charge is 0.408 e. The zero-order valence-corrected chi connectivity index (χ0v) is 11.6. The average Bonchev–Trinajstić information content (AvgIpc) is 2.73. The molecule has 1 N–H and O–H groups in total. The van der Waals surface area contributed by atoms with Gasteiger partial charge in [-0.05, 0) is 18.8 Å². The van der Waals surface area contributed by atoms with E-state index in [1.807, 2.05) is 0 Å². The molecule has 1 heterocycles. The maximum atomic E-state index is 12.3. The second-order valence-electron chi connectivity index (χ2n) is 5.11. The maximum Gasteiger partial charge on any atom is 0.408 e. The van der Waals surface area contributed by atoms with Gasteiger partial charge in [-0.1, -0.05) is 24.9 Å². The summed E-state index contributed by atoms with van der Waals surface area (Å²) >= 11 is 5.85. The van der Waals surface area contributed by atoms with E-state index >= 15 is 0 Å². The molecule has 0 bridgehead atoms. The van der Waals surface area contributed by atoms with Crippen molar-refractivity contribution in [3.63, 3.8) is 0 Å². The molecule has 1 aromatic rings. The predicted octanol–water partition coefficient (Wildman–Crippen LogP) is 3.06. The van der Waals surface area contributed by atoms with Gasteiger partial charge in [-0.2, -0.15) is 18.3 Å². The number of halogens is 4. The van der Waals surface area contributed by atoms with Gasteiger partial charge in [0.05, 0.1) is 11.9 Å². The fraction of sp³-hybridized carbons (Fsp3) is 0.667. The molecule has 1 aliphatic rings. The van der Waals surface area contributed by atoms with Crippen molar-refractivity contribution in [1.82, 2.24) is 9.78 Å². The lowest BCUT2D eigenvalue weighted by atomic mass is 10.1. The van der Waals surface area contributed by atoms with Crippen LogP contribution in [0.25, 0.3) is 0 Å². The molecule has 0 aliphatic heterocycles. The Hall–Kier alpha value is -1.24. The van der Waals surface area contributed by atoms with Crippen LogP contribution >= 0.6 is 11.6 Å². The minimum absolute atomic E-state index is 0.173. The van der Waals surface area contributed by atoms with Crippen molar-refractivity contribution in [2.75, 3.05) is 5.32 Å². The molecule has 0 radical (unpaired) electrons. The van der Waals surface area contributed by atoms with E-state index in [2.05, 4.69) is 17.3 Å². The molecule has 8 heteroatoms. The van der Waals surface area contributed by atoms with Crippen molar-refractivity contribution in [1.29, 1.82) is 0 Å². The van der Waals surface area contributed by atoms with Gasteiger partial charge in [0.15, 0.2) is 0 Å². The highest BCUT2D eigenvalue weighted by atomic mass is 35.5. The van der Waals surface area contributed by atoms with Gasteiger partial charge in [0.1, 0.15) is 11.6 Å². The first-order chi connectivity index (χ1) is 9.28. The molecular formula is C12H15ClF3N3O. The molecule has 1 saturated carbocycles. The topological polar surface area (TPSA) is 46.9 Å². The minimum Gasteiger partial charge on any atom is -0.379 e. The van der Waals surface area contributed by atoms with Gasteiger partial charge in [-0.3, -0.25) is 4.79 Å². The summed E-state index contributed by atoms with van der Waals surface area (Å²) in [4.78, 5) is 11.8. The second-order valence-corrected chi connectivity index (χ2v) is 5.49. The van der Waals surface area contributed by atoms with Crippen LogP contribution in [-0.2, 0) is 6.54 Å². The Morgan fingerprint density at radius 3 is 2.75 bits per heavy atom. The molecule has 0 saturated heterocycles. The van der Waals surface area contributed by atoms with Gasteiger partial charge in [0.2, 0.25) is 0 Å². The lowest BCUT2D eigenvalue weighted by Crippen LogP contribution is -2.32. The molecule has 4 nitrogen and oxygen atoms in total. The van der Waals surface area contributed by atoms with Crippen LogP contribution in [0, 0.1) is 5.92 Å². The molecule has 1 aromatic heterocycles. The van der Waals surface area contributed by atoms with Crippen molar-refractivity contribution in [3.8, 4) is 0 Å². The molecule has 0 aromatic carbocycles. The number of hydrogen-bond donors (Lipinski definition) is 1. The number of alkyl halides is 3. The number of nitrogens with zero attached hydrogens (tertiary/aromatic N) is 2. The number of hydrogen-bond acceptors (Lipinski definition) is 3. The molecular weight excluding hydrogens is 295 g/mol. The summed E-state index contributed by atoms with van der Waals surface area (Å²) in [6.07, 6.45) is -0.221. The van der Waals surface area contributed by atoms with E-state index in [0.717, 1.165) is 19.3 Å². The maximum absolute atomic E-state index is 12.3. The van der Waals surface area contributed by atoms with Crippen LogP contribution in [0.15, 0.2) is 11.0 Å². The molecule has 20 heavy (non-hydrogen) atoms. The van der Waals surface area contributed by atoms with E-state index in [1.165, 1.54) is 6.20 Å². The van der Waals surface area contributed by atoms with Crippen molar-refractivity contribution in [2.45, 2.75) is 44.9 Å². The Balaban J connectivity index is 2.20. The first-order valence-electron chi connectivity index (χ1n) is 6.37. The number of nitrogens with one attached hydrogen (secondary N) is 1.